The van der Waals surface area contributed by atoms with Gasteiger partial charge in [0.15, 0.2) is 0 Å². The van der Waals surface area contributed by atoms with Crippen molar-refractivity contribution in [3.8, 4) is 0 Å². The van der Waals surface area contributed by atoms with Gasteiger partial charge in [0, 0.05) is 19.0 Å². The van der Waals surface area contributed by atoms with Crippen molar-refractivity contribution in [1.82, 2.24) is 5.32 Å². The van der Waals surface area contributed by atoms with Crippen LogP contribution in [0, 0.1) is 5.82 Å². The maximum absolute atomic E-state index is 12.6. The molecule has 0 aliphatic carbocycles. The summed E-state index contributed by atoms with van der Waals surface area (Å²) in [4.78, 5) is 10.3. The molecule has 0 saturated carbocycles. The van der Waals surface area contributed by atoms with Crippen LogP contribution in [0.5, 0.6) is 0 Å². The molecule has 0 aliphatic rings. The number of aliphatic carboxylic acids is 1. The zero-order valence-electron chi connectivity index (χ0n) is 9.24. The van der Waals surface area contributed by atoms with E-state index < -0.39 is 5.97 Å². The predicted molar refractivity (Wildman–Crippen MR) is 59.6 cm³/mol. The van der Waals surface area contributed by atoms with Gasteiger partial charge in [0.1, 0.15) is 5.82 Å². The zero-order valence-corrected chi connectivity index (χ0v) is 9.24. The van der Waals surface area contributed by atoms with Crippen molar-refractivity contribution in [1.29, 1.82) is 0 Å². The molecule has 16 heavy (non-hydrogen) atoms. The smallest absolute Gasteiger partial charge is 0.303 e. The molecule has 1 unspecified atom stereocenters. The average Bonchev–Trinajstić information content (AvgIpc) is 2.25. The van der Waals surface area contributed by atoms with Crippen LogP contribution in [0.4, 0.5) is 4.39 Å². The monoisotopic (exact) mass is 225 g/mol. The molecular formula is C12H16FNO2. The molecule has 0 amide bonds. The molecule has 0 aliphatic heterocycles. The van der Waals surface area contributed by atoms with Crippen LogP contribution >= 0.6 is 0 Å². The highest BCUT2D eigenvalue weighted by atomic mass is 19.1. The van der Waals surface area contributed by atoms with E-state index in [4.69, 9.17) is 5.11 Å². The molecule has 0 radical (unpaired) electrons. The van der Waals surface area contributed by atoms with Gasteiger partial charge in [-0.25, -0.2) is 4.39 Å². The Morgan fingerprint density at radius 3 is 2.62 bits per heavy atom. The Labute approximate surface area is 94.3 Å². The van der Waals surface area contributed by atoms with Crippen LogP contribution < -0.4 is 5.32 Å². The topological polar surface area (TPSA) is 49.3 Å². The van der Waals surface area contributed by atoms with Crippen LogP contribution in [0.3, 0.4) is 0 Å². The van der Waals surface area contributed by atoms with Crippen LogP contribution in [0.15, 0.2) is 24.3 Å². The fourth-order valence-electron chi connectivity index (χ4n) is 1.34. The van der Waals surface area contributed by atoms with Gasteiger partial charge < -0.3 is 10.4 Å². The van der Waals surface area contributed by atoms with Crippen molar-refractivity contribution in [2.45, 2.75) is 32.4 Å². The molecule has 88 valence electrons. The summed E-state index contributed by atoms with van der Waals surface area (Å²) in [5.41, 5.74) is 0.989. The lowest BCUT2D eigenvalue weighted by molar-refractivity contribution is -0.137. The van der Waals surface area contributed by atoms with E-state index >= 15 is 0 Å². The van der Waals surface area contributed by atoms with E-state index in [9.17, 15) is 9.18 Å². The molecule has 0 saturated heterocycles. The first-order valence-corrected chi connectivity index (χ1v) is 5.27. The standard InChI is InChI=1S/C12H16FNO2/c1-9(2-7-12(15)16)14-8-10-3-5-11(13)6-4-10/h3-6,9,14H,2,7-8H2,1H3,(H,15,16). The Hall–Kier alpha value is -1.42. The molecule has 3 nitrogen and oxygen atoms in total. The van der Waals surface area contributed by atoms with E-state index in [1.807, 2.05) is 6.92 Å². The average molecular weight is 225 g/mol. The van der Waals surface area contributed by atoms with Gasteiger partial charge in [-0.3, -0.25) is 4.79 Å². The van der Waals surface area contributed by atoms with Crippen LogP contribution in [0.25, 0.3) is 0 Å². The highest BCUT2D eigenvalue weighted by Crippen LogP contribution is 2.04. The highest BCUT2D eigenvalue weighted by molar-refractivity contribution is 5.66. The lowest BCUT2D eigenvalue weighted by atomic mass is 10.1. The number of carbonyl (C=O) groups is 1. The number of hydrogen-bond acceptors (Lipinski definition) is 2. The van der Waals surface area contributed by atoms with Gasteiger partial charge in [0.25, 0.3) is 0 Å². The van der Waals surface area contributed by atoms with E-state index in [0.717, 1.165) is 5.56 Å². The maximum Gasteiger partial charge on any atom is 0.303 e. The Morgan fingerprint density at radius 1 is 1.44 bits per heavy atom. The molecule has 1 aromatic rings. The number of benzene rings is 1. The Balaban J connectivity index is 2.28. The van der Waals surface area contributed by atoms with Crippen molar-refractivity contribution < 1.29 is 14.3 Å². The normalized spacial score (nSPS) is 12.4. The minimum Gasteiger partial charge on any atom is -0.481 e. The van der Waals surface area contributed by atoms with Gasteiger partial charge in [0.05, 0.1) is 0 Å². The second-order valence-corrected chi connectivity index (χ2v) is 3.84. The number of hydrogen-bond donors (Lipinski definition) is 2. The molecule has 0 spiro atoms. The van der Waals surface area contributed by atoms with Crippen molar-refractivity contribution in [2.75, 3.05) is 0 Å². The molecule has 0 heterocycles. The summed E-state index contributed by atoms with van der Waals surface area (Å²) in [6.45, 7) is 2.56. The fraction of sp³-hybridized carbons (Fsp3) is 0.417. The minimum absolute atomic E-state index is 0.140. The Bertz CT molecular complexity index is 337. The molecule has 4 heteroatoms. The first kappa shape index (κ1) is 12.6. The van der Waals surface area contributed by atoms with E-state index in [0.29, 0.717) is 13.0 Å². The third-order valence-electron chi connectivity index (χ3n) is 2.36. The minimum atomic E-state index is -0.782. The lowest BCUT2D eigenvalue weighted by Crippen LogP contribution is -2.26. The van der Waals surface area contributed by atoms with Gasteiger partial charge in [-0.1, -0.05) is 12.1 Å². The van der Waals surface area contributed by atoms with Gasteiger partial charge in [-0.05, 0) is 31.0 Å². The van der Waals surface area contributed by atoms with E-state index in [1.165, 1.54) is 12.1 Å². The first-order chi connectivity index (χ1) is 7.58. The second-order valence-electron chi connectivity index (χ2n) is 3.84. The second kappa shape index (κ2) is 6.23. The van der Waals surface area contributed by atoms with Crippen LogP contribution in [-0.4, -0.2) is 17.1 Å². The van der Waals surface area contributed by atoms with Crippen LogP contribution in [0.2, 0.25) is 0 Å². The van der Waals surface area contributed by atoms with Crippen molar-refractivity contribution in [2.24, 2.45) is 0 Å². The molecule has 1 atom stereocenters. The number of carboxylic acids is 1. The molecule has 0 bridgehead atoms. The van der Waals surface area contributed by atoms with E-state index in [2.05, 4.69) is 5.32 Å². The van der Waals surface area contributed by atoms with Gasteiger partial charge >= 0.3 is 5.97 Å². The first-order valence-electron chi connectivity index (χ1n) is 5.27. The summed E-state index contributed by atoms with van der Waals surface area (Å²) in [5, 5.41) is 11.7. The summed E-state index contributed by atoms with van der Waals surface area (Å²) in [6.07, 6.45) is 0.758. The number of halogens is 1. The molecule has 0 fully saturated rings. The van der Waals surface area contributed by atoms with Crippen molar-refractivity contribution in [3.05, 3.63) is 35.6 Å². The van der Waals surface area contributed by atoms with Gasteiger partial charge in [0.2, 0.25) is 0 Å². The lowest BCUT2D eigenvalue weighted by Gasteiger charge is -2.12. The number of nitrogens with one attached hydrogen (secondary N) is 1. The summed E-state index contributed by atoms with van der Waals surface area (Å²) in [6, 6.07) is 6.40. The Kier molecular flexibility index (Phi) is 4.92. The van der Waals surface area contributed by atoms with Crippen molar-refractivity contribution in [3.63, 3.8) is 0 Å². The molecular weight excluding hydrogens is 209 g/mol. The fourth-order valence-corrected chi connectivity index (χ4v) is 1.34. The summed E-state index contributed by atoms with van der Waals surface area (Å²) in [7, 11) is 0. The van der Waals surface area contributed by atoms with E-state index in [-0.39, 0.29) is 18.3 Å². The summed E-state index contributed by atoms with van der Waals surface area (Å²) < 4.78 is 12.6. The number of rotatable bonds is 6. The summed E-state index contributed by atoms with van der Waals surface area (Å²) in [5.74, 6) is -1.03. The van der Waals surface area contributed by atoms with Gasteiger partial charge in [-0.2, -0.15) is 0 Å². The largest absolute Gasteiger partial charge is 0.481 e. The molecule has 0 aromatic heterocycles. The maximum atomic E-state index is 12.6. The van der Waals surface area contributed by atoms with Crippen LogP contribution in [0.1, 0.15) is 25.3 Å². The third-order valence-corrected chi connectivity index (χ3v) is 2.36. The molecule has 1 rings (SSSR count). The predicted octanol–water partition coefficient (Wildman–Crippen LogP) is 2.17. The van der Waals surface area contributed by atoms with E-state index in [1.54, 1.807) is 12.1 Å². The van der Waals surface area contributed by atoms with Crippen molar-refractivity contribution >= 4 is 5.97 Å². The quantitative estimate of drug-likeness (QED) is 0.780. The third kappa shape index (κ3) is 4.89. The Morgan fingerprint density at radius 2 is 2.06 bits per heavy atom. The highest BCUT2D eigenvalue weighted by Gasteiger charge is 2.04. The molecule has 1 aromatic carbocycles. The van der Waals surface area contributed by atoms with Gasteiger partial charge in [-0.15, -0.1) is 0 Å². The summed E-state index contributed by atoms with van der Waals surface area (Å²) >= 11 is 0. The van der Waals surface area contributed by atoms with Crippen LogP contribution in [-0.2, 0) is 11.3 Å². The SMILES string of the molecule is CC(CCC(=O)O)NCc1ccc(F)cc1. The zero-order chi connectivity index (χ0) is 12.0. The number of carboxylic acid groups (broad SMARTS) is 1. The molecule has 2 N–H and O–H groups in total.